The molecule has 92 valence electrons. The van der Waals surface area contributed by atoms with E-state index in [0.717, 1.165) is 11.1 Å². The van der Waals surface area contributed by atoms with Crippen LogP contribution in [0.2, 0.25) is 0 Å². The Kier molecular flexibility index (Phi) is 5.29. The molecule has 0 aromatic heterocycles. The summed E-state index contributed by atoms with van der Waals surface area (Å²) in [5.41, 5.74) is 7.91. The molecule has 1 aromatic carbocycles. The van der Waals surface area contributed by atoms with E-state index < -0.39 is 18.6 Å². The van der Waals surface area contributed by atoms with Gasteiger partial charge in [-0.3, -0.25) is 0 Å². The molecule has 0 saturated carbocycles. The number of benzene rings is 1. The van der Waals surface area contributed by atoms with Crippen LogP contribution in [-0.2, 0) is 0 Å². The van der Waals surface area contributed by atoms with Gasteiger partial charge >= 0.3 is 6.18 Å². The molecule has 1 aromatic rings. The summed E-state index contributed by atoms with van der Waals surface area (Å²) in [6.45, 7) is 3.67. The van der Waals surface area contributed by atoms with E-state index in [1.165, 1.54) is 0 Å². The number of halogens is 4. The van der Waals surface area contributed by atoms with Crippen LogP contribution in [0.15, 0.2) is 18.2 Å². The summed E-state index contributed by atoms with van der Waals surface area (Å²) in [6, 6.07) is 4.32. The average Bonchev–Trinajstić information content (AvgIpc) is 1.99. The lowest BCUT2D eigenvalue weighted by atomic mass is 9.98. The van der Waals surface area contributed by atoms with Crippen LogP contribution in [0.4, 0.5) is 13.2 Å². The molecule has 1 atom stereocenters. The van der Waals surface area contributed by atoms with Gasteiger partial charge in [0.1, 0.15) is 0 Å². The van der Waals surface area contributed by atoms with Crippen LogP contribution in [0, 0.1) is 13.8 Å². The molecule has 1 nitrogen and oxygen atoms in total. The van der Waals surface area contributed by atoms with Gasteiger partial charge in [0.2, 0.25) is 0 Å². The lowest BCUT2D eigenvalue weighted by Crippen LogP contribution is -2.20. The van der Waals surface area contributed by atoms with Crippen LogP contribution in [0.1, 0.15) is 29.2 Å². The van der Waals surface area contributed by atoms with Gasteiger partial charge < -0.3 is 5.73 Å². The van der Waals surface area contributed by atoms with Crippen molar-refractivity contribution in [3.63, 3.8) is 0 Å². The molecule has 0 aliphatic rings. The summed E-state index contributed by atoms with van der Waals surface area (Å²) in [5, 5.41) is 0. The zero-order chi connectivity index (χ0) is 11.6. The van der Waals surface area contributed by atoms with Gasteiger partial charge in [-0.2, -0.15) is 13.2 Å². The minimum Gasteiger partial charge on any atom is -0.324 e. The van der Waals surface area contributed by atoms with Gasteiger partial charge in [0.15, 0.2) is 0 Å². The monoisotopic (exact) mass is 253 g/mol. The number of hydrogen-bond donors (Lipinski definition) is 1. The molecule has 1 rings (SSSR count). The van der Waals surface area contributed by atoms with Crippen LogP contribution in [0.5, 0.6) is 0 Å². The molecular formula is C11H15ClF3N. The van der Waals surface area contributed by atoms with Crippen molar-refractivity contribution in [2.45, 2.75) is 32.5 Å². The number of alkyl halides is 3. The van der Waals surface area contributed by atoms with Crippen molar-refractivity contribution in [1.82, 2.24) is 0 Å². The quantitative estimate of drug-likeness (QED) is 0.855. The Balaban J connectivity index is 0.00000225. The first-order chi connectivity index (χ1) is 6.79. The summed E-state index contributed by atoms with van der Waals surface area (Å²) in [4.78, 5) is 0. The van der Waals surface area contributed by atoms with E-state index >= 15 is 0 Å². The van der Waals surface area contributed by atoms with Gasteiger partial charge in [-0.15, -0.1) is 12.4 Å². The van der Waals surface area contributed by atoms with Gasteiger partial charge in [-0.05, 0) is 25.0 Å². The molecule has 0 saturated heterocycles. The maximum absolute atomic E-state index is 12.1. The molecule has 0 aliphatic heterocycles. The zero-order valence-electron chi connectivity index (χ0n) is 9.14. The lowest BCUT2D eigenvalue weighted by Gasteiger charge is -2.16. The van der Waals surface area contributed by atoms with Crippen molar-refractivity contribution in [3.05, 3.63) is 34.9 Å². The fourth-order valence-corrected chi connectivity index (χ4v) is 1.60. The SMILES string of the molecule is Cc1ccc([C@H](N)CC(F)(F)F)c(C)c1.Cl. The molecule has 0 aliphatic carbocycles. The third-order valence-corrected chi connectivity index (χ3v) is 2.28. The minimum absolute atomic E-state index is 0. The second-order valence-electron chi connectivity index (χ2n) is 3.79. The van der Waals surface area contributed by atoms with Gasteiger partial charge in [0.25, 0.3) is 0 Å². The Labute approximate surface area is 99.2 Å². The molecule has 0 amide bonds. The van der Waals surface area contributed by atoms with E-state index in [4.69, 9.17) is 5.73 Å². The van der Waals surface area contributed by atoms with E-state index in [9.17, 15) is 13.2 Å². The van der Waals surface area contributed by atoms with Gasteiger partial charge in [0.05, 0.1) is 6.42 Å². The third kappa shape index (κ3) is 4.41. The number of hydrogen-bond acceptors (Lipinski definition) is 1. The Hall–Kier alpha value is -0.740. The van der Waals surface area contributed by atoms with Gasteiger partial charge in [-0.1, -0.05) is 23.8 Å². The largest absolute Gasteiger partial charge is 0.390 e. The minimum atomic E-state index is -4.21. The van der Waals surface area contributed by atoms with Crippen molar-refractivity contribution >= 4 is 12.4 Å². The van der Waals surface area contributed by atoms with Crippen LogP contribution >= 0.6 is 12.4 Å². The summed E-state index contributed by atoms with van der Waals surface area (Å²) in [6.07, 6.45) is -5.19. The first kappa shape index (κ1) is 15.3. The smallest absolute Gasteiger partial charge is 0.324 e. The van der Waals surface area contributed by atoms with Gasteiger partial charge in [0, 0.05) is 6.04 Å². The van der Waals surface area contributed by atoms with E-state index in [1.807, 2.05) is 13.0 Å². The second-order valence-corrected chi connectivity index (χ2v) is 3.79. The highest BCUT2D eigenvalue weighted by Gasteiger charge is 2.31. The van der Waals surface area contributed by atoms with Crippen molar-refractivity contribution in [2.24, 2.45) is 5.73 Å². The van der Waals surface area contributed by atoms with E-state index in [-0.39, 0.29) is 12.4 Å². The van der Waals surface area contributed by atoms with E-state index in [2.05, 4.69) is 0 Å². The topological polar surface area (TPSA) is 26.0 Å². The molecule has 2 N–H and O–H groups in total. The highest BCUT2D eigenvalue weighted by Crippen LogP contribution is 2.29. The van der Waals surface area contributed by atoms with Crippen LogP contribution < -0.4 is 5.73 Å². The molecular weight excluding hydrogens is 239 g/mol. The first-order valence-electron chi connectivity index (χ1n) is 4.69. The normalized spacial score (nSPS) is 13.1. The summed E-state index contributed by atoms with van der Waals surface area (Å²) < 4.78 is 36.4. The van der Waals surface area contributed by atoms with Crippen molar-refractivity contribution in [3.8, 4) is 0 Å². The van der Waals surface area contributed by atoms with E-state index in [0.29, 0.717) is 5.56 Å². The average molecular weight is 254 g/mol. The fourth-order valence-electron chi connectivity index (χ4n) is 1.60. The van der Waals surface area contributed by atoms with E-state index in [1.54, 1.807) is 19.1 Å². The first-order valence-corrected chi connectivity index (χ1v) is 4.69. The Morgan fingerprint density at radius 1 is 1.25 bits per heavy atom. The summed E-state index contributed by atoms with van der Waals surface area (Å²) in [7, 11) is 0. The van der Waals surface area contributed by atoms with Crippen molar-refractivity contribution in [1.29, 1.82) is 0 Å². The number of nitrogens with two attached hydrogens (primary N) is 1. The number of rotatable bonds is 2. The highest BCUT2D eigenvalue weighted by atomic mass is 35.5. The second kappa shape index (κ2) is 5.55. The standard InChI is InChI=1S/C11H14F3N.ClH/c1-7-3-4-9(8(2)5-7)10(15)6-11(12,13)14;/h3-5,10H,6,15H2,1-2H3;1H/t10-;/m1./s1. The van der Waals surface area contributed by atoms with Crippen molar-refractivity contribution < 1.29 is 13.2 Å². The summed E-state index contributed by atoms with van der Waals surface area (Å²) >= 11 is 0. The van der Waals surface area contributed by atoms with Crippen LogP contribution in [0.3, 0.4) is 0 Å². The molecule has 5 heteroatoms. The highest BCUT2D eigenvalue weighted by molar-refractivity contribution is 5.85. The predicted octanol–water partition coefficient (Wildman–Crippen LogP) is 3.68. The molecule has 16 heavy (non-hydrogen) atoms. The third-order valence-electron chi connectivity index (χ3n) is 2.28. The summed E-state index contributed by atoms with van der Waals surface area (Å²) in [5.74, 6) is 0. The maximum Gasteiger partial charge on any atom is 0.390 e. The van der Waals surface area contributed by atoms with Crippen LogP contribution in [0.25, 0.3) is 0 Å². The Morgan fingerprint density at radius 2 is 1.81 bits per heavy atom. The molecule has 0 unspecified atom stereocenters. The lowest BCUT2D eigenvalue weighted by molar-refractivity contribution is -0.138. The Bertz CT molecular complexity index is 350. The van der Waals surface area contributed by atoms with Gasteiger partial charge in [-0.25, -0.2) is 0 Å². The zero-order valence-corrected chi connectivity index (χ0v) is 9.95. The molecule has 0 radical (unpaired) electrons. The van der Waals surface area contributed by atoms with Crippen LogP contribution in [-0.4, -0.2) is 6.18 Å². The molecule has 0 bridgehead atoms. The molecule has 0 heterocycles. The Morgan fingerprint density at radius 3 is 2.25 bits per heavy atom. The molecule has 0 fully saturated rings. The maximum atomic E-state index is 12.1. The number of aryl methyl sites for hydroxylation is 2. The molecule has 0 spiro atoms. The fraction of sp³-hybridized carbons (Fsp3) is 0.455. The predicted molar refractivity (Wildman–Crippen MR) is 60.8 cm³/mol. The van der Waals surface area contributed by atoms with Crippen molar-refractivity contribution in [2.75, 3.05) is 0 Å².